The Labute approximate surface area is 156 Å². The standard InChI is InChI=1S/C20H19N5O2/c1-25-12-21-15-8-7-13(10-18(15)25)9-16-19(27)24-20(22-16)23-17(11-26)14-5-3-2-4-6-14/h2-10,12,17,26H,11H2,1H3,(H2,22,23,24,27)/b16-9-/t17-/m1/s1. The second-order valence-corrected chi connectivity index (χ2v) is 6.34. The quantitative estimate of drug-likeness (QED) is 0.617. The van der Waals surface area contributed by atoms with Crippen LogP contribution in [-0.4, -0.2) is 33.1 Å². The molecule has 7 heteroatoms. The first-order valence-electron chi connectivity index (χ1n) is 8.59. The third-order valence-electron chi connectivity index (χ3n) is 4.45. The number of aliphatic imine (C=N–C) groups is 1. The van der Waals surface area contributed by atoms with Crippen molar-refractivity contribution in [3.63, 3.8) is 0 Å². The van der Waals surface area contributed by atoms with Gasteiger partial charge in [0.1, 0.15) is 5.70 Å². The van der Waals surface area contributed by atoms with Gasteiger partial charge in [0, 0.05) is 7.05 Å². The number of nitrogens with one attached hydrogen (secondary N) is 2. The molecule has 2 aromatic carbocycles. The number of nitrogens with zero attached hydrogens (tertiary/aromatic N) is 3. The third kappa shape index (κ3) is 3.45. The number of benzene rings is 2. The summed E-state index contributed by atoms with van der Waals surface area (Å²) in [6.07, 6.45) is 3.48. The fourth-order valence-corrected chi connectivity index (χ4v) is 3.01. The number of fused-ring (bicyclic) bond motifs is 1. The topological polar surface area (TPSA) is 91.5 Å². The molecular formula is C20H19N5O2. The summed E-state index contributed by atoms with van der Waals surface area (Å²) < 4.78 is 1.92. The van der Waals surface area contributed by atoms with Crippen molar-refractivity contribution in [1.82, 2.24) is 20.2 Å². The molecule has 0 spiro atoms. The number of guanidine groups is 1. The Balaban J connectivity index is 1.58. The van der Waals surface area contributed by atoms with E-state index in [-0.39, 0.29) is 18.6 Å². The van der Waals surface area contributed by atoms with Gasteiger partial charge >= 0.3 is 0 Å². The average molecular weight is 361 g/mol. The van der Waals surface area contributed by atoms with Crippen LogP contribution < -0.4 is 10.6 Å². The van der Waals surface area contributed by atoms with E-state index >= 15 is 0 Å². The fraction of sp³-hybridized carbons (Fsp3) is 0.150. The molecule has 1 aliphatic heterocycles. The third-order valence-corrected chi connectivity index (χ3v) is 4.45. The number of carbonyl (C=O) groups is 1. The van der Waals surface area contributed by atoms with Crippen molar-refractivity contribution in [2.75, 3.05) is 6.61 Å². The van der Waals surface area contributed by atoms with Crippen molar-refractivity contribution >= 4 is 29.0 Å². The molecule has 3 aromatic rings. The van der Waals surface area contributed by atoms with Crippen LogP contribution in [0.5, 0.6) is 0 Å². The van der Waals surface area contributed by atoms with Gasteiger partial charge in [-0.25, -0.2) is 9.98 Å². The van der Waals surface area contributed by atoms with Gasteiger partial charge in [-0.3, -0.25) is 10.1 Å². The molecule has 0 unspecified atom stereocenters. The summed E-state index contributed by atoms with van der Waals surface area (Å²) in [6, 6.07) is 14.9. The summed E-state index contributed by atoms with van der Waals surface area (Å²) in [5.41, 5.74) is 3.97. The van der Waals surface area contributed by atoms with Crippen molar-refractivity contribution < 1.29 is 9.90 Å². The number of amides is 1. The normalized spacial score (nSPS) is 16.4. The minimum Gasteiger partial charge on any atom is -0.394 e. The molecule has 1 amide bonds. The van der Waals surface area contributed by atoms with Crippen LogP contribution in [-0.2, 0) is 11.8 Å². The van der Waals surface area contributed by atoms with Crippen molar-refractivity contribution in [3.05, 3.63) is 71.7 Å². The minimum absolute atomic E-state index is 0.116. The predicted octanol–water partition coefficient (Wildman–Crippen LogP) is 1.72. The zero-order valence-electron chi connectivity index (χ0n) is 14.8. The first-order chi connectivity index (χ1) is 13.1. The average Bonchev–Trinajstić information content (AvgIpc) is 3.23. The summed E-state index contributed by atoms with van der Waals surface area (Å²) in [7, 11) is 1.92. The monoisotopic (exact) mass is 361 g/mol. The summed E-state index contributed by atoms with van der Waals surface area (Å²) in [4.78, 5) is 20.9. The molecule has 0 bridgehead atoms. The van der Waals surface area contributed by atoms with Crippen LogP contribution in [0.25, 0.3) is 17.1 Å². The van der Waals surface area contributed by atoms with Crippen LogP contribution in [0.15, 0.2) is 65.5 Å². The van der Waals surface area contributed by atoms with Gasteiger partial charge in [-0.05, 0) is 29.3 Å². The van der Waals surface area contributed by atoms with Crippen LogP contribution in [0.2, 0.25) is 0 Å². The fourth-order valence-electron chi connectivity index (χ4n) is 3.01. The molecular weight excluding hydrogens is 342 g/mol. The van der Waals surface area contributed by atoms with Crippen molar-refractivity contribution in [1.29, 1.82) is 0 Å². The van der Waals surface area contributed by atoms with E-state index in [0.717, 1.165) is 22.2 Å². The van der Waals surface area contributed by atoms with Crippen molar-refractivity contribution in [2.24, 2.45) is 12.0 Å². The molecule has 0 fully saturated rings. The first kappa shape index (κ1) is 17.0. The zero-order chi connectivity index (χ0) is 18.8. The lowest BCUT2D eigenvalue weighted by molar-refractivity contribution is -0.115. The number of carbonyl (C=O) groups excluding carboxylic acids is 1. The first-order valence-corrected chi connectivity index (χ1v) is 8.59. The Hall–Kier alpha value is -3.45. The highest BCUT2D eigenvalue weighted by Gasteiger charge is 2.22. The number of aliphatic hydroxyl groups is 1. The number of hydrogen-bond donors (Lipinski definition) is 3. The smallest absolute Gasteiger partial charge is 0.276 e. The molecule has 2 heterocycles. The van der Waals surface area contributed by atoms with Crippen molar-refractivity contribution in [3.8, 4) is 0 Å². The highest BCUT2D eigenvalue weighted by atomic mass is 16.3. The Kier molecular flexibility index (Phi) is 4.43. The van der Waals surface area contributed by atoms with Gasteiger partial charge in [0.25, 0.3) is 5.91 Å². The molecule has 0 aliphatic carbocycles. The molecule has 0 saturated heterocycles. The Bertz CT molecular complexity index is 1050. The number of rotatable bonds is 4. The van der Waals surface area contributed by atoms with Gasteiger partial charge in [-0.1, -0.05) is 36.4 Å². The lowest BCUT2D eigenvalue weighted by Gasteiger charge is -2.17. The molecule has 7 nitrogen and oxygen atoms in total. The maximum Gasteiger partial charge on any atom is 0.276 e. The number of aromatic nitrogens is 2. The summed E-state index contributed by atoms with van der Waals surface area (Å²) in [5, 5.41) is 15.4. The zero-order valence-corrected chi connectivity index (χ0v) is 14.8. The van der Waals surface area contributed by atoms with Crippen LogP contribution in [0.4, 0.5) is 0 Å². The molecule has 27 heavy (non-hydrogen) atoms. The largest absolute Gasteiger partial charge is 0.394 e. The Morgan fingerprint density at radius 3 is 2.85 bits per heavy atom. The minimum atomic E-state index is -0.351. The highest BCUT2D eigenvalue weighted by molar-refractivity contribution is 6.13. The number of imidazole rings is 1. The maximum atomic E-state index is 12.3. The van der Waals surface area contributed by atoms with Gasteiger partial charge in [0.2, 0.25) is 5.96 Å². The molecule has 136 valence electrons. The summed E-state index contributed by atoms with van der Waals surface area (Å²) in [6.45, 7) is -0.116. The van der Waals surface area contributed by atoms with E-state index in [4.69, 9.17) is 0 Å². The van der Waals surface area contributed by atoms with Gasteiger partial charge < -0.3 is 15.0 Å². The predicted molar refractivity (Wildman–Crippen MR) is 104 cm³/mol. The van der Waals surface area contributed by atoms with Crippen LogP contribution in [0.3, 0.4) is 0 Å². The van der Waals surface area contributed by atoms with Crippen molar-refractivity contribution in [2.45, 2.75) is 6.04 Å². The van der Waals surface area contributed by atoms with E-state index in [2.05, 4.69) is 20.6 Å². The Morgan fingerprint density at radius 1 is 1.26 bits per heavy atom. The molecule has 4 rings (SSSR count). The van der Waals surface area contributed by atoms with Gasteiger partial charge in [0.05, 0.1) is 30.0 Å². The molecule has 0 saturated carbocycles. The van der Waals surface area contributed by atoms with Gasteiger partial charge in [-0.2, -0.15) is 0 Å². The van der Waals surface area contributed by atoms with Gasteiger partial charge in [0.15, 0.2) is 0 Å². The molecule has 3 N–H and O–H groups in total. The number of hydrogen-bond acceptors (Lipinski definition) is 5. The van der Waals surface area contributed by atoms with E-state index < -0.39 is 0 Å². The second-order valence-electron chi connectivity index (χ2n) is 6.34. The van der Waals surface area contributed by atoms with Crippen LogP contribution in [0.1, 0.15) is 17.2 Å². The summed E-state index contributed by atoms with van der Waals surface area (Å²) >= 11 is 0. The second kappa shape index (κ2) is 7.05. The molecule has 0 radical (unpaired) electrons. The number of aryl methyl sites for hydroxylation is 1. The maximum absolute atomic E-state index is 12.3. The number of aliphatic hydroxyl groups excluding tert-OH is 1. The van der Waals surface area contributed by atoms with E-state index in [9.17, 15) is 9.90 Å². The summed E-state index contributed by atoms with van der Waals surface area (Å²) in [5.74, 6) is 0.0446. The van der Waals surface area contributed by atoms with E-state index in [1.165, 1.54) is 0 Å². The Morgan fingerprint density at radius 2 is 2.07 bits per heavy atom. The highest BCUT2D eigenvalue weighted by Crippen LogP contribution is 2.18. The molecule has 1 aliphatic rings. The van der Waals surface area contributed by atoms with E-state index in [0.29, 0.717) is 11.7 Å². The van der Waals surface area contributed by atoms with Crippen LogP contribution >= 0.6 is 0 Å². The van der Waals surface area contributed by atoms with E-state index in [1.54, 1.807) is 12.4 Å². The lowest BCUT2D eigenvalue weighted by atomic mass is 10.1. The molecule has 1 atom stereocenters. The SMILES string of the molecule is Cn1cnc2ccc(/C=C3\N=C(N[C@H](CO)c4ccccc4)NC3=O)cc21. The van der Waals surface area contributed by atoms with Crippen LogP contribution in [0, 0.1) is 0 Å². The van der Waals surface area contributed by atoms with E-state index in [1.807, 2.05) is 60.1 Å². The molecule has 1 aromatic heterocycles. The lowest BCUT2D eigenvalue weighted by Crippen LogP contribution is -2.39. The van der Waals surface area contributed by atoms with Gasteiger partial charge in [-0.15, -0.1) is 0 Å².